The highest BCUT2D eigenvalue weighted by atomic mass is 16.2. The fourth-order valence-corrected chi connectivity index (χ4v) is 2.88. The van der Waals surface area contributed by atoms with E-state index in [4.69, 9.17) is 0 Å². The average molecular weight is 339 g/mol. The summed E-state index contributed by atoms with van der Waals surface area (Å²) in [5.74, 6) is 0.210. The highest BCUT2D eigenvalue weighted by Crippen LogP contribution is 2.40. The molecule has 130 valence electrons. The molecule has 1 N–H and O–H groups in total. The number of nitrogens with zero attached hydrogens (tertiary/aromatic N) is 2. The normalized spacial score (nSPS) is 15.3. The van der Waals surface area contributed by atoms with Crippen LogP contribution in [0.25, 0.3) is 6.08 Å². The van der Waals surface area contributed by atoms with Gasteiger partial charge in [-0.05, 0) is 30.4 Å². The molecule has 0 spiro atoms. The van der Waals surface area contributed by atoms with Crippen LogP contribution in [0.1, 0.15) is 30.0 Å². The third-order valence-corrected chi connectivity index (χ3v) is 4.44. The summed E-state index contributed by atoms with van der Waals surface area (Å²) in [6, 6.07) is 9.87. The molecule has 1 aromatic carbocycles. The predicted octanol–water partition coefficient (Wildman–Crippen LogP) is 1.36. The monoisotopic (exact) mass is 339 g/mol. The van der Waals surface area contributed by atoms with Gasteiger partial charge in [0, 0.05) is 26.4 Å². The van der Waals surface area contributed by atoms with Crippen molar-refractivity contribution in [1.29, 1.82) is 0 Å². The van der Waals surface area contributed by atoms with Gasteiger partial charge in [-0.15, -0.1) is 0 Å². The minimum atomic E-state index is -0.422. The summed E-state index contributed by atoms with van der Waals surface area (Å²) in [6.07, 6.45) is 6.44. The van der Waals surface area contributed by atoms with Gasteiger partial charge in [0.05, 0.1) is 11.6 Å². The lowest BCUT2D eigenvalue weighted by atomic mass is 10.0. The molecule has 1 amide bonds. The molecule has 1 saturated carbocycles. The van der Waals surface area contributed by atoms with Crippen LogP contribution in [-0.2, 0) is 18.9 Å². The van der Waals surface area contributed by atoms with E-state index < -0.39 is 11.2 Å². The number of nitrogens with one attached hydrogen (secondary N) is 1. The van der Waals surface area contributed by atoms with E-state index >= 15 is 0 Å². The maximum atomic E-state index is 12.3. The quantitative estimate of drug-likeness (QED) is 0.836. The van der Waals surface area contributed by atoms with Crippen molar-refractivity contribution >= 4 is 12.0 Å². The first kappa shape index (κ1) is 17.0. The van der Waals surface area contributed by atoms with Gasteiger partial charge in [-0.25, -0.2) is 4.79 Å². The van der Waals surface area contributed by atoms with Gasteiger partial charge in [-0.2, -0.15) is 0 Å². The molecular formula is C19H21N3O3. The number of rotatable bonds is 5. The third-order valence-electron chi connectivity index (χ3n) is 4.44. The fourth-order valence-electron chi connectivity index (χ4n) is 2.88. The largest absolute Gasteiger partial charge is 0.345 e. The Morgan fingerprint density at radius 1 is 1.20 bits per heavy atom. The number of aryl methyl sites for hydroxylation is 1. The maximum absolute atomic E-state index is 12.3. The van der Waals surface area contributed by atoms with Crippen LogP contribution in [0.4, 0.5) is 0 Å². The van der Waals surface area contributed by atoms with Gasteiger partial charge in [0.2, 0.25) is 5.91 Å². The standard InChI is InChI=1S/C19H21N3O3/c1-21-12-15(18(24)22(2)19(21)25)10-11-16(23)20-17(14-8-9-14)13-6-4-3-5-7-13/h3-7,10-12,14,17H,8-9H2,1-2H3,(H,20,23). The number of aromatic nitrogens is 2. The zero-order chi connectivity index (χ0) is 18.0. The summed E-state index contributed by atoms with van der Waals surface area (Å²) in [7, 11) is 2.98. The zero-order valence-corrected chi connectivity index (χ0v) is 14.3. The predicted molar refractivity (Wildman–Crippen MR) is 96.0 cm³/mol. The van der Waals surface area contributed by atoms with Gasteiger partial charge in [0.25, 0.3) is 5.56 Å². The topological polar surface area (TPSA) is 73.1 Å². The summed E-state index contributed by atoms with van der Waals surface area (Å²) in [5, 5.41) is 3.02. The lowest BCUT2D eigenvalue weighted by Gasteiger charge is -2.17. The van der Waals surface area contributed by atoms with Gasteiger partial charge in [-0.1, -0.05) is 30.3 Å². The highest BCUT2D eigenvalue weighted by Gasteiger charge is 2.32. The van der Waals surface area contributed by atoms with E-state index in [-0.39, 0.29) is 11.9 Å². The van der Waals surface area contributed by atoms with E-state index in [2.05, 4.69) is 5.32 Å². The molecule has 1 heterocycles. The van der Waals surface area contributed by atoms with Crippen LogP contribution in [-0.4, -0.2) is 15.0 Å². The van der Waals surface area contributed by atoms with Crippen LogP contribution in [0.2, 0.25) is 0 Å². The Kier molecular flexibility index (Phi) is 4.70. The van der Waals surface area contributed by atoms with E-state index in [1.807, 2.05) is 30.3 Å². The first-order chi connectivity index (χ1) is 12.0. The van der Waals surface area contributed by atoms with Crippen LogP contribution in [0.15, 0.2) is 52.2 Å². The van der Waals surface area contributed by atoms with Crippen molar-refractivity contribution in [1.82, 2.24) is 14.5 Å². The van der Waals surface area contributed by atoms with E-state index in [9.17, 15) is 14.4 Å². The number of amides is 1. The lowest BCUT2D eigenvalue weighted by molar-refractivity contribution is -0.117. The molecule has 3 rings (SSSR count). The van der Waals surface area contributed by atoms with Gasteiger partial charge in [0.1, 0.15) is 0 Å². The molecule has 1 aromatic heterocycles. The molecule has 1 atom stereocenters. The van der Waals surface area contributed by atoms with Crippen molar-refractivity contribution in [3.63, 3.8) is 0 Å². The second-order valence-electron chi connectivity index (χ2n) is 6.41. The number of benzene rings is 1. The van der Waals surface area contributed by atoms with Crippen molar-refractivity contribution in [3.8, 4) is 0 Å². The molecule has 0 bridgehead atoms. The zero-order valence-electron chi connectivity index (χ0n) is 14.3. The number of hydrogen-bond donors (Lipinski definition) is 1. The number of carbonyl (C=O) groups is 1. The average Bonchev–Trinajstić information content (AvgIpc) is 3.45. The summed E-state index contributed by atoms with van der Waals surface area (Å²) in [4.78, 5) is 36.1. The molecule has 0 radical (unpaired) electrons. The minimum Gasteiger partial charge on any atom is -0.345 e. The van der Waals surface area contributed by atoms with Crippen molar-refractivity contribution in [2.75, 3.05) is 0 Å². The van der Waals surface area contributed by atoms with Crippen molar-refractivity contribution in [3.05, 3.63) is 74.6 Å². The Labute approximate surface area is 145 Å². The molecule has 6 nitrogen and oxygen atoms in total. The molecule has 25 heavy (non-hydrogen) atoms. The molecule has 0 saturated heterocycles. The Bertz CT molecular complexity index is 921. The van der Waals surface area contributed by atoms with Crippen molar-refractivity contribution in [2.45, 2.75) is 18.9 Å². The summed E-state index contributed by atoms with van der Waals surface area (Å²) >= 11 is 0. The van der Waals surface area contributed by atoms with Crippen molar-refractivity contribution in [2.24, 2.45) is 20.0 Å². The highest BCUT2D eigenvalue weighted by molar-refractivity contribution is 5.91. The van der Waals surface area contributed by atoms with E-state index in [0.29, 0.717) is 11.5 Å². The molecular weight excluding hydrogens is 318 g/mol. The second-order valence-corrected chi connectivity index (χ2v) is 6.41. The number of hydrogen-bond acceptors (Lipinski definition) is 3. The van der Waals surface area contributed by atoms with Crippen LogP contribution in [0, 0.1) is 5.92 Å². The maximum Gasteiger partial charge on any atom is 0.330 e. The molecule has 1 unspecified atom stereocenters. The van der Waals surface area contributed by atoms with Gasteiger partial charge >= 0.3 is 5.69 Å². The lowest BCUT2D eigenvalue weighted by Crippen LogP contribution is -2.37. The van der Waals surface area contributed by atoms with Crippen LogP contribution in [0.3, 0.4) is 0 Å². The SMILES string of the molecule is Cn1cc(C=CC(=O)NC(c2ccccc2)C2CC2)c(=O)n(C)c1=O. The summed E-state index contributed by atoms with van der Waals surface area (Å²) in [6.45, 7) is 0. The van der Waals surface area contributed by atoms with Crippen molar-refractivity contribution < 1.29 is 4.79 Å². The van der Waals surface area contributed by atoms with Gasteiger partial charge in [-0.3, -0.25) is 14.2 Å². The molecule has 1 aliphatic rings. The number of carbonyl (C=O) groups excluding carboxylic acids is 1. The Balaban J connectivity index is 1.77. The van der Waals surface area contributed by atoms with Crippen LogP contribution < -0.4 is 16.6 Å². The van der Waals surface area contributed by atoms with Crippen LogP contribution in [0.5, 0.6) is 0 Å². The Morgan fingerprint density at radius 3 is 2.52 bits per heavy atom. The molecule has 6 heteroatoms. The molecule has 2 aromatic rings. The smallest absolute Gasteiger partial charge is 0.330 e. The summed E-state index contributed by atoms with van der Waals surface area (Å²) < 4.78 is 2.34. The summed E-state index contributed by atoms with van der Waals surface area (Å²) in [5.41, 5.74) is 0.561. The van der Waals surface area contributed by atoms with E-state index in [0.717, 1.165) is 23.0 Å². The third kappa shape index (κ3) is 3.79. The fraction of sp³-hybridized carbons (Fsp3) is 0.316. The van der Waals surface area contributed by atoms with Crippen LogP contribution >= 0.6 is 0 Å². The first-order valence-corrected chi connectivity index (χ1v) is 8.27. The molecule has 1 fully saturated rings. The molecule has 0 aliphatic heterocycles. The minimum absolute atomic E-state index is 0.0127. The Morgan fingerprint density at radius 2 is 1.88 bits per heavy atom. The second kappa shape index (κ2) is 6.93. The van der Waals surface area contributed by atoms with Gasteiger partial charge < -0.3 is 9.88 Å². The molecule has 1 aliphatic carbocycles. The van der Waals surface area contributed by atoms with Gasteiger partial charge in [0.15, 0.2) is 0 Å². The first-order valence-electron chi connectivity index (χ1n) is 8.27. The van der Waals surface area contributed by atoms with E-state index in [1.165, 1.54) is 30.0 Å². The van der Waals surface area contributed by atoms with E-state index in [1.54, 1.807) is 7.05 Å². The Hall–Kier alpha value is -2.89.